The molecular formula is C19H26N6O3S. The Morgan fingerprint density at radius 1 is 1.10 bits per heavy atom. The highest BCUT2D eigenvalue weighted by Crippen LogP contribution is 2.19. The summed E-state index contributed by atoms with van der Waals surface area (Å²) in [7, 11) is -0.604. The van der Waals surface area contributed by atoms with E-state index in [1.807, 2.05) is 6.92 Å². The highest BCUT2D eigenvalue weighted by atomic mass is 32.2. The topological polar surface area (TPSA) is 98.7 Å². The van der Waals surface area contributed by atoms with Crippen LogP contribution >= 0.6 is 0 Å². The Morgan fingerprint density at radius 2 is 1.76 bits per heavy atom. The lowest BCUT2D eigenvalue weighted by atomic mass is 10.2. The fourth-order valence-corrected chi connectivity index (χ4v) is 4.07. The maximum absolute atomic E-state index is 12.7. The Hall–Kier alpha value is -2.56. The second-order valence-electron chi connectivity index (χ2n) is 7.05. The SMILES string of the molecule is C[C@H](C(=O)Nc1cccc(S(=O)(=O)N(C)C)c1)N1CCN(c2ncccn2)CC1. The van der Waals surface area contributed by atoms with Gasteiger partial charge in [-0.1, -0.05) is 6.07 Å². The molecule has 0 radical (unpaired) electrons. The van der Waals surface area contributed by atoms with Gasteiger partial charge in [-0.05, 0) is 31.2 Å². The molecule has 1 fully saturated rings. The molecule has 0 spiro atoms. The van der Waals surface area contributed by atoms with E-state index in [1.165, 1.54) is 26.2 Å². The Labute approximate surface area is 171 Å². The molecule has 0 bridgehead atoms. The van der Waals surface area contributed by atoms with Gasteiger partial charge in [0.1, 0.15) is 0 Å². The number of hydrogen-bond acceptors (Lipinski definition) is 7. The number of nitrogens with one attached hydrogen (secondary N) is 1. The van der Waals surface area contributed by atoms with Gasteiger partial charge in [0.15, 0.2) is 0 Å². The van der Waals surface area contributed by atoms with E-state index < -0.39 is 10.0 Å². The van der Waals surface area contributed by atoms with Crippen molar-refractivity contribution in [1.82, 2.24) is 19.2 Å². The second kappa shape index (κ2) is 8.85. The molecular weight excluding hydrogens is 392 g/mol. The molecule has 1 N–H and O–H groups in total. The van der Waals surface area contributed by atoms with Crippen molar-refractivity contribution in [3.8, 4) is 0 Å². The van der Waals surface area contributed by atoms with Crippen molar-refractivity contribution in [3.05, 3.63) is 42.7 Å². The molecule has 1 aliphatic heterocycles. The smallest absolute Gasteiger partial charge is 0.242 e. The second-order valence-corrected chi connectivity index (χ2v) is 9.20. The largest absolute Gasteiger partial charge is 0.338 e. The number of carbonyl (C=O) groups excluding carboxylic acids is 1. The van der Waals surface area contributed by atoms with Crippen LogP contribution < -0.4 is 10.2 Å². The first-order chi connectivity index (χ1) is 13.8. The molecule has 1 aromatic heterocycles. The Bertz CT molecular complexity index is 943. The van der Waals surface area contributed by atoms with Gasteiger partial charge in [-0.2, -0.15) is 0 Å². The molecule has 2 aromatic rings. The first kappa shape index (κ1) is 21.2. The fourth-order valence-electron chi connectivity index (χ4n) is 3.12. The van der Waals surface area contributed by atoms with Gasteiger partial charge in [0.25, 0.3) is 0 Å². The molecule has 1 amide bonds. The summed E-state index contributed by atoms with van der Waals surface area (Å²) in [5, 5.41) is 2.83. The number of rotatable bonds is 6. The van der Waals surface area contributed by atoms with Crippen LogP contribution in [-0.2, 0) is 14.8 Å². The van der Waals surface area contributed by atoms with Crippen LogP contribution in [0.3, 0.4) is 0 Å². The van der Waals surface area contributed by atoms with E-state index in [0.29, 0.717) is 24.7 Å². The number of anilines is 2. The van der Waals surface area contributed by atoms with Crippen molar-refractivity contribution in [2.75, 3.05) is 50.5 Å². The molecule has 0 unspecified atom stereocenters. The molecule has 0 aliphatic carbocycles. The van der Waals surface area contributed by atoms with Crippen LogP contribution in [0.1, 0.15) is 6.92 Å². The monoisotopic (exact) mass is 418 g/mol. The number of benzene rings is 1. The number of carbonyl (C=O) groups is 1. The highest BCUT2D eigenvalue weighted by molar-refractivity contribution is 7.89. The molecule has 1 aromatic carbocycles. The van der Waals surface area contributed by atoms with Gasteiger partial charge in [-0.15, -0.1) is 0 Å². The minimum atomic E-state index is -3.55. The van der Waals surface area contributed by atoms with E-state index in [4.69, 9.17) is 0 Å². The van der Waals surface area contributed by atoms with Crippen molar-refractivity contribution in [2.24, 2.45) is 0 Å². The van der Waals surface area contributed by atoms with Gasteiger partial charge < -0.3 is 10.2 Å². The Morgan fingerprint density at radius 3 is 2.38 bits per heavy atom. The van der Waals surface area contributed by atoms with Gasteiger partial charge >= 0.3 is 0 Å². The zero-order chi connectivity index (χ0) is 21.0. The van der Waals surface area contributed by atoms with Gasteiger partial charge in [-0.3, -0.25) is 9.69 Å². The van der Waals surface area contributed by atoms with Crippen LogP contribution in [0.2, 0.25) is 0 Å². The highest BCUT2D eigenvalue weighted by Gasteiger charge is 2.27. The van der Waals surface area contributed by atoms with Gasteiger partial charge in [0.05, 0.1) is 10.9 Å². The summed E-state index contributed by atoms with van der Waals surface area (Å²) in [5.41, 5.74) is 0.459. The van der Waals surface area contributed by atoms with E-state index in [9.17, 15) is 13.2 Å². The molecule has 156 valence electrons. The number of hydrogen-bond donors (Lipinski definition) is 1. The average molecular weight is 419 g/mol. The lowest BCUT2D eigenvalue weighted by molar-refractivity contribution is -0.120. The minimum Gasteiger partial charge on any atom is -0.338 e. The van der Waals surface area contributed by atoms with Crippen molar-refractivity contribution >= 4 is 27.6 Å². The zero-order valence-corrected chi connectivity index (χ0v) is 17.6. The lowest BCUT2D eigenvalue weighted by Gasteiger charge is -2.37. The number of nitrogens with zero attached hydrogens (tertiary/aromatic N) is 5. The molecule has 29 heavy (non-hydrogen) atoms. The molecule has 0 saturated carbocycles. The fraction of sp³-hybridized carbons (Fsp3) is 0.421. The summed E-state index contributed by atoms with van der Waals surface area (Å²) in [6.07, 6.45) is 3.44. The first-order valence-corrected chi connectivity index (χ1v) is 10.8. The van der Waals surface area contributed by atoms with E-state index in [-0.39, 0.29) is 16.8 Å². The van der Waals surface area contributed by atoms with Gasteiger partial charge in [0.2, 0.25) is 21.9 Å². The van der Waals surface area contributed by atoms with Crippen LogP contribution in [-0.4, -0.2) is 79.8 Å². The third kappa shape index (κ3) is 4.89. The quantitative estimate of drug-likeness (QED) is 0.743. The first-order valence-electron chi connectivity index (χ1n) is 9.38. The van der Waals surface area contributed by atoms with Gasteiger partial charge in [-0.25, -0.2) is 22.7 Å². The summed E-state index contributed by atoms with van der Waals surface area (Å²) >= 11 is 0. The maximum Gasteiger partial charge on any atom is 0.242 e. The van der Waals surface area contributed by atoms with Crippen LogP contribution in [0.15, 0.2) is 47.6 Å². The standard InChI is InChI=1S/C19H26N6O3S/c1-15(24-10-12-25(13-11-24)19-20-8-5-9-21-19)18(26)22-16-6-4-7-17(14-16)29(27,28)23(2)3/h4-9,14-15H,10-13H2,1-3H3,(H,22,26)/t15-/m1/s1. The molecule has 10 heteroatoms. The van der Waals surface area contributed by atoms with Crippen LogP contribution in [0.5, 0.6) is 0 Å². The number of aromatic nitrogens is 2. The molecule has 9 nitrogen and oxygen atoms in total. The molecule has 1 aliphatic rings. The van der Waals surface area contributed by atoms with Crippen LogP contribution in [0, 0.1) is 0 Å². The predicted octanol–water partition coefficient (Wildman–Crippen LogP) is 0.876. The lowest BCUT2D eigenvalue weighted by Crippen LogP contribution is -2.53. The summed E-state index contributed by atoms with van der Waals surface area (Å²) < 4.78 is 25.7. The van der Waals surface area contributed by atoms with Crippen molar-refractivity contribution in [3.63, 3.8) is 0 Å². The van der Waals surface area contributed by atoms with Crippen molar-refractivity contribution in [1.29, 1.82) is 0 Å². The summed E-state index contributed by atoms with van der Waals surface area (Å²) in [4.78, 5) is 25.6. The molecule has 2 heterocycles. The maximum atomic E-state index is 12.7. The number of piperazine rings is 1. The zero-order valence-electron chi connectivity index (χ0n) is 16.8. The van der Waals surface area contributed by atoms with E-state index >= 15 is 0 Å². The Balaban J connectivity index is 1.60. The molecule has 3 rings (SSSR count). The van der Waals surface area contributed by atoms with Gasteiger partial charge in [0, 0.05) is 58.4 Å². The van der Waals surface area contributed by atoms with Crippen molar-refractivity contribution in [2.45, 2.75) is 17.9 Å². The van der Waals surface area contributed by atoms with E-state index in [0.717, 1.165) is 17.4 Å². The number of sulfonamides is 1. The average Bonchev–Trinajstić information content (AvgIpc) is 2.74. The van der Waals surface area contributed by atoms with Crippen molar-refractivity contribution < 1.29 is 13.2 Å². The van der Waals surface area contributed by atoms with E-state index in [1.54, 1.807) is 30.6 Å². The van der Waals surface area contributed by atoms with Crippen LogP contribution in [0.25, 0.3) is 0 Å². The molecule has 1 saturated heterocycles. The summed E-state index contributed by atoms with van der Waals surface area (Å²) in [6, 6.07) is 7.73. The third-order valence-corrected chi connectivity index (χ3v) is 6.77. The predicted molar refractivity (Wildman–Crippen MR) is 111 cm³/mol. The summed E-state index contributed by atoms with van der Waals surface area (Å²) in [5.74, 6) is 0.525. The third-order valence-electron chi connectivity index (χ3n) is 4.96. The number of amides is 1. The Kier molecular flexibility index (Phi) is 6.46. The normalized spacial score (nSPS) is 16.6. The summed E-state index contributed by atoms with van der Waals surface area (Å²) in [6.45, 7) is 4.74. The van der Waals surface area contributed by atoms with Crippen LogP contribution in [0.4, 0.5) is 11.6 Å². The molecule has 1 atom stereocenters. The minimum absolute atomic E-state index is 0.143. The van der Waals surface area contributed by atoms with E-state index in [2.05, 4.69) is 25.1 Å².